The Bertz CT molecular complexity index is 610. The average Bonchev–Trinajstić information content (AvgIpc) is 2.45. The fraction of sp³-hybridized carbons (Fsp3) is 0.167. The van der Waals surface area contributed by atoms with Gasteiger partial charge in [-0.1, -0.05) is 42.5 Å². The zero-order chi connectivity index (χ0) is 14.4. The molecule has 0 atom stereocenters. The predicted molar refractivity (Wildman–Crippen MR) is 81.7 cm³/mol. The Hall–Kier alpha value is -2.35. The lowest BCUT2D eigenvalue weighted by Gasteiger charge is -2.08. The minimum absolute atomic E-state index is 0.0462. The van der Waals surface area contributed by atoms with Crippen LogP contribution >= 0.6 is 0 Å². The van der Waals surface area contributed by atoms with Crippen molar-refractivity contribution in [1.82, 2.24) is 0 Å². The monoisotopic (exact) mass is 266 g/mol. The van der Waals surface area contributed by atoms with Crippen LogP contribution in [0.2, 0.25) is 0 Å². The molecule has 2 rings (SSSR count). The Morgan fingerprint density at radius 2 is 1.80 bits per heavy atom. The maximum absolute atomic E-state index is 10.9. The van der Waals surface area contributed by atoms with Crippen LogP contribution in [-0.2, 0) is 11.4 Å². The first-order valence-electron chi connectivity index (χ1n) is 6.61. The molecule has 2 heteroatoms. The van der Waals surface area contributed by atoms with Crippen molar-refractivity contribution in [3.05, 3.63) is 71.3 Å². The summed E-state index contributed by atoms with van der Waals surface area (Å²) in [5.74, 6) is 0.873. The van der Waals surface area contributed by atoms with Crippen molar-refractivity contribution in [2.75, 3.05) is 0 Å². The third-order valence-electron chi connectivity index (χ3n) is 3.05. The van der Waals surface area contributed by atoms with E-state index in [0.29, 0.717) is 6.61 Å². The molecule has 20 heavy (non-hydrogen) atoms. The SMILES string of the molecule is CC(=O)/C=C/c1ccc(OCc2ccccc2C)cc1. The molecule has 0 unspecified atom stereocenters. The number of aryl methyl sites for hydroxylation is 1. The molecule has 0 saturated heterocycles. The van der Waals surface area contributed by atoms with Gasteiger partial charge >= 0.3 is 0 Å². The lowest BCUT2D eigenvalue weighted by molar-refractivity contribution is -0.112. The molecular weight excluding hydrogens is 248 g/mol. The van der Waals surface area contributed by atoms with Gasteiger partial charge in [-0.05, 0) is 48.7 Å². The zero-order valence-electron chi connectivity index (χ0n) is 11.8. The van der Waals surface area contributed by atoms with Crippen LogP contribution < -0.4 is 4.74 Å². The Labute approximate surface area is 119 Å². The molecule has 0 aliphatic heterocycles. The molecule has 0 fully saturated rings. The van der Waals surface area contributed by atoms with E-state index in [1.807, 2.05) is 36.4 Å². The van der Waals surface area contributed by atoms with E-state index < -0.39 is 0 Å². The van der Waals surface area contributed by atoms with Gasteiger partial charge in [0.25, 0.3) is 0 Å². The minimum Gasteiger partial charge on any atom is -0.489 e. The van der Waals surface area contributed by atoms with Gasteiger partial charge in [-0.3, -0.25) is 4.79 Å². The molecule has 0 heterocycles. The molecule has 0 aromatic heterocycles. The Morgan fingerprint density at radius 3 is 2.45 bits per heavy atom. The number of rotatable bonds is 5. The van der Waals surface area contributed by atoms with E-state index in [2.05, 4.69) is 19.1 Å². The first-order valence-corrected chi connectivity index (χ1v) is 6.61. The molecule has 0 aliphatic rings. The normalized spacial score (nSPS) is 10.7. The van der Waals surface area contributed by atoms with Gasteiger partial charge in [-0.15, -0.1) is 0 Å². The van der Waals surface area contributed by atoms with E-state index in [9.17, 15) is 4.79 Å². The highest BCUT2D eigenvalue weighted by atomic mass is 16.5. The molecule has 0 spiro atoms. The third kappa shape index (κ3) is 4.09. The van der Waals surface area contributed by atoms with Crippen LogP contribution in [0.25, 0.3) is 6.08 Å². The molecule has 0 aliphatic carbocycles. The van der Waals surface area contributed by atoms with E-state index in [1.54, 1.807) is 12.2 Å². The summed E-state index contributed by atoms with van der Waals surface area (Å²) in [6, 6.07) is 15.9. The number of benzene rings is 2. The number of carbonyl (C=O) groups excluding carboxylic acids is 1. The van der Waals surface area contributed by atoms with Gasteiger partial charge in [0.2, 0.25) is 0 Å². The predicted octanol–water partition coefficient (Wildman–Crippen LogP) is 4.18. The number of hydrogen-bond acceptors (Lipinski definition) is 2. The molecular formula is C18H18O2. The number of hydrogen-bond donors (Lipinski definition) is 0. The van der Waals surface area contributed by atoms with Crippen molar-refractivity contribution in [2.45, 2.75) is 20.5 Å². The highest BCUT2D eigenvalue weighted by molar-refractivity contribution is 5.91. The summed E-state index contributed by atoms with van der Waals surface area (Å²) in [5, 5.41) is 0. The largest absolute Gasteiger partial charge is 0.489 e. The Kier molecular flexibility index (Phi) is 4.72. The second-order valence-corrected chi connectivity index (χ2v) is 4.73. The number of allylic oxidation sites excluding steroid dienone is 1. The van der Waals surface area contributed by atoms with Crippen LogP contribution in [-0.4, -0.2) is 5.78 Å². The summed E-state index contributed by atoms with van der Waals surface area (Å²) in [7, 11) is 0. The maximum atomic E-state index is 10.9. The van der Waals surface area contributed by atoms with Gasteiger partial charge in [-0.2, -0.15) is 0 Å². The van der Waals surface area contributed by atoms with Crippen LogP contribution in [0.1, 0.15) is 23.6 Å². The lowest BCUT2D eigenvalue weighted by Crippen LogP contribution is -1.97. The Morgan fingerprint density at radius 1 is 1.10 bits per heavy atom. The first kappa shape index (κ1) is 14.1. The second kappa shape index (κ2) is 6.71. The highest BCUT2D eigenvalue weighted by Crippen LogP contribution is 2.16. The number of ether oxygens (including phenoxy) is 1. The van der Waals surface area contributed by atoms with E-state index in [4.69, 9.17) is 4.74 Å². The van der Waals surface area contributed by atoms with E-state index >= 15 is 0 Å². The first-order chi connectivity index (χ1) is 9.65. The average molecular weight is 266 g/mol. The molecule has 0 N–H and O–H groups in total. The quantitative estimate of drug-likeness (QED) is 0.759. The Balaban J connectivity index is 1.97. The summed E-state index contributed by atoms with van der Waals surface area (Å²) in [6.07, 6.45) is 3.36. The van der Waals surface area contributed by atoms with Crippen molar-refractivity contribution >= 4 is 11.9 Å². The smallest absolute Gasteiger partial charge is 0.152 e. The fourth-order valence-electron chi connectivity index (χ4n) is 1.82. The third-order valence-corrected chi connectivity index (χ3v) is 3.05. The minimum atomic E-state index is 0.0462. The molecule has 0 bridgehead atoms. The van der Waals surface area contributed by atoms with Crippen LogP contribution in [0, 0.1) is 6.92 Å². The summed E-state index contributed by atoms with van der Waals surface area (Å²) in [6.45, 7) is 4.18. The number of ketones is 1. The van der Waals surface area contributed by atoms with Crippen LogP contribution in [0.3, 0.4) is 0 Å². The topological polar surface area (TPSA) is 26.3 Å². The van der Waals surface area contributed by atoms with Gasteiger partial charge < -0.3 is 4.74 Å². The summed E-state index contributed by atoms with van der Waals surface area (Å²) >= 11 is 0. The van der Waals surface area contributed by atoms with E-state index in [0.717, 1.165) is 11.3 Å². The zero-order valence-corrected chi connectivity index (χ0v) is 11.8. The summed E-state index contributed by atoms with van der Waals surface area (Å²) < 4.78 is 5.76. The van der Waals surface area contributed by atoms with Crippen LogP contribution in [0.15, 0.2) is 54.6 Å². The molecule has 102 valence electrons. The lowest BCUT2D eigenvalue weighted by atomic mass is 10.1. The second-order valence-electron chi connectivity index (χ2n) is 4.73. The fourth-order valence-corrected chi connectivity index (χ4v) is 1.82. The number of carbonyl (C=O) groups is 1. The van der Waals surface area contributed by atoms with Gasteiger partial charge in [-0.25, -0.2) is 0 Å². The van der Waals surface area contributed by atoms with Crippen molar-refractivity contribution in [2.24, 2.45) is 0 Å². The van der Waals surface area contributed by atoms with Crippen molar-refractivity contribution in [3.8, 4) is 5.75 Å². The summed E-state index contributed by atoms with van der Waals surface area (Å²) in [5.41, 5.74) is 3.41. The van der Waals surface area contributed by atoms with E-state index in [-0.39, 0.29) is 5.78 Å². The van der Waals surface area contributed by atoms with Gasteiger partial charge in [0.1, 0.15) is 12.4 Å². The molecule has 0 amide bonds. The highest BCUT2D eigenvalue weighted by Gasteiger charge is 1.99. The molecule has 2 aromatic rings. The molecule has 2 aromatic carbocycles. The van der Waals surface area contributed by atoms with Crippen molar-refractivity contribution in [3.63, 3.8) is 0 Å². The van der Waals surface area contributed by atoms with E-state index in [1.165, 1.54) is 18.1 Å². The van der Waals surface area contributed by atoms with Crippen molar-refractivity contribution < 1.29 is 9.53 Å². The van der Waals surface area contributed by atoms with Crippen molar-refractivity contribution in [1.29, 1.82) is 0 Å². The van der Waals surface area contributed by atoms with Crippen LogP contribution in [0.5, 0.6) is 5.75 Å². The molecule has 0 radical (unpaired) electrons. The van der Waals surface area contributed by atoms with Gasteiger partial charge in [0.15, 0.2) is 5.78 Å². The summed E-state index contributed by atoms with van der Waals surface area (Å²) in [4.78, 5) is 10.9. The molecule has 2 nitrogen and oxygen atoms in total. The molecule has 0 saturated carbocycles. The standard InChI is InChI=1S/C18H18O2/c1-14-5-3-4-6-17(14)13-20-18-11-9-16(10-12-18)8-7-15(2)19/h3-12H,13H2,1-2H3/b8-7+. The van der Waals surface area contributed by atoms with Gasteiger partial charge in [0.05, 0.1) is 0 Å². The van der Waals surface area contributed by atoms with Crippen LogP contribution in [0.4, 0.5) is 0 Å². The van der Waals surface area contributed by atoms with Gasteiger partial charge in [0, 0.05) is 0 Å². The maximum Gasteiger partial charge on any atom is 0.152 e.